The number of carboxylic acids is 1. The molecule has 0 spiro atoms. The summed E-state index contributed by atoms with van der Waals surface area (Å²) in [6.07, 6.45) is 1.96. The maximum absolute atomic E-state index is 12.1. The van der Waals surface area contributed by atoms with Crippen molar-refractivity contribution in [2.75, 3.05) is 13.2 Å². The van der Waals surface area contributed by atoms with Crippen molar-refractivity contribution in [2.24, 2.45) is 5.92 Å². The lowest BCUT2D eigenvalue weighted by Gasteiger charge is -2.19. The first-order valence-electron chi connectivity index (χ1n) is 6.24. The molecule has 1 aliphatic heterocycles. The number of hydrogen-bond acceptors (Lipinski definition) is 4. The zero-order valence-corrected chi connectivity index (χ0v) is 10.7. The Balaban J connectivity index is 1.99. The van der Waals surface area contributed by atoms with E-state index in [1.165, 1.54) is 12.3 Å². The van der Waals surface area contributed by atoms with E-state index in [4.69, 9.17) is 14.3 Å². The number of ether oxygens (including phenoxy) is 1. The van der Waals surface area contributed by atoms with E-state index in [1.54, 1.807) is 0 Å². The van der Waals surface area contributed by atoms with Crippen molar-refractivity contribution >= 4 is 11.9 Å². The molecule has 1 aromatic rings. The summed E-state index contributed by atoms with van der Waals surface area (Å²) in [4.78, 5) is 22.7. The van der Waals surface area contributed by atoms with Crippen LogP contribution in [-0.4, -0.2) is 36.2 Å². The van der Waals surface area contributed by atoms with Crippen LogP contribution in [0.1, 0.15) is 29.5 Å². The minimum atomic E-state index is -1.03. The Morgan fingerprint density at radius 2 is 2.37 bits per heavy atom. The van der Waals surface area contributed by atoms with Crippen LogP contribution in [0.4, 0.5) is 0 Å². The quantitative estimate of drug-likeness (QED) is 0.832. The lowest BCUT2D eigenvalue weighted by Crippen LogP contribution is -2.38. The van der Waals surface area contributed by atoms with Gasteiger partial charge in [0.25, 0.3) is 5.91 Å². The highest BCUT2D eigenvalue weighted by atomic mass is 16.5. The van der Waals surface area contributed by atoms with Gasteiger partial charge in [0.15, 0.2) is 0 Å². The molecular weight excluding hydrogens is 250 g/mol. The number of carboxylic acid groups (broad SMARTS) is 1. The summed E-state index contributed by atoms with van der Waals surface area (Å²) in [7, 11) is 0. The van der Waals surface area contributed by atoms with Gasteiger partial charge in [0.05, 0.1) is 18.4 Å². The molecule has 2 heterocycles. The van der Waals surface area contributed by atoms with Crippen LogP contribution in [-0.2, 0) is 16.0 Å². The Kier molecular flexibility index (Phi) is 4.21. The van der Waals surface area contributed by atoms with Gasteiger partial charge in [-0.25, -0.2) is 0 Å². The number of nitrogens with one attached hydrogen (secondary N) is 1. The fourth-order valence-corrected chi connectivity index (χ4v) is 2.17. The third-order valence-corrected chi connectivity index (χ3v) is 3.33. The predicted molar refractivity (Wildman–Crippen MR) is 65.9 cm³/mol. The summed E-state index contributed by atoms with van der Waals surface area (Å²) in [5.41, 5.74) is 0.285. The molecule has 0 aromatic carbocycles. The molecule has 0 aliphatic carbocycles. The van der Waals surface area contributed by atoms with Crippen LogP contribution in [0, 0.1) is 5.92 Å². The molecule has 1 fully saturated rings. The average molecular weight is 267 g/mol. The van der Waals surface area contributed by atoms with Crippen molar-refractivity contribution in [1.82, 2.24) is 5.32 Å². The topological polar surface area (TPSA) is 88.8 Å². The molecule has 0 saturated carbocycles. The Morgan fingerprint density at radius 1 is 1.58 bits per heavy atom. The molecule has 1 amide bonds. The molecule has 6 nitrogen and oxygen atoms in total. The van der Waals surface area contributed by atoms with Gasteiger partial charge in [0, 0.05) is 18.6 Å². The third-order valence-electron chi connectivity index (χ3n) is 3.33. The molecule has 0 bridgehead atoms. The van der Waals surface area contributed by atoms with Gasteiger partial charge in [0.1, 0.15) is 12.2 Å². The van der Waals surface area contributed by atoms with Crippen molar-refractivity contribution in [2.45, 2.75) is 25.8 Å². The molecule has 1 saturated heterocycles. The van der Waals surface area contributed by atoms with E-state index in [0.717, 1.165) is 13.0 Å². The summed E-state index contributed by atoms with van der Waals surface area (Å²) in [5.74, 6) is -0.843. The molecule has 19 heavy (non-hydrogen) atoms. The highest BCUT2D eigenvalue weighted by molar-refractivity contribution is 5.96. The second-order valence-electron chi connectivity index (χ2n) is 4.71. The minimum absolute atomic E-state index is 0.0115. The van der Waals surface area contributed by atoms with Crippen molar-refractivity contribution in [3.63, 3.8) is 0 Å². The highest BCUT2D eigenvalue weighted by Gasteiger charge is 2.25. The number of carbonyl (C=O) groups excluding carboxylic acids is 1. The van der Waals surface area contributed by atoms with Gasteiger partial charge in [-0.3, -0.25) is 9.59 Å². The number of rotatable bonds is 5. The SMILES string of the molecule is CC(NC(=O)c1ccoc1CC(=O)O)C1CCOC1. The maximum atomic E-state index is 12.1. The number of furan rings is 1. The summed E-state index contributed by atoms with van der Waals surface area (Å²) in [6.45, 7) is 3.30. The van der Waals surface area contributed by atoms with Crippen LogP contribution in [0.2, 0.25) is 0 Å². The molecule has 104 valence electrons. The molecule has 2 unspecified atom stereocenters. The normalized spacial score (nSPS) is 20.2. The number of amides is 1. The minimum Gasteiger partial charge on any atom is -0.481 e. The third kappa shape index (κ3) is 3.35. The van der Waals surface area contributed by atoms with Crippen molar-refractivity contribution < 1.29 is 23.8 Å². The van der Waals surface area contributed by atoms with E-state index in [2.05, 4.69) is 5.32 Å². The Bertz CT molecular complexity index is 461. The van der Waals surface area contributed by atoms with Crippen LogP contribution in [0.5, 0.6) is 0 Å². The second kappa shape index (κ2) is 5.88. The van der Waals surface area contributed by atoms with Crippen LogP contribution in [0.25, 0.3) is 0 Å². The summed E-state index contributed by atoms with van der Waals surface area (Å²) < 4.78 is 10.3. The van der Waals surface area contributed by atoms with Crippen LogP contribution in [0.15, 0.2) is 16.7 Å². The molecule has 2 N–H and O–H groups in total. The fourth-order valence-electron chi connectivity index (χ4n) is 2.17. The monoisotopic (exact) mass is 267 g/mol. The number of hydrogen-bond donors (Lipinski definition) is 2. The first-order valence-corrected chi connectivity index (χ1v) is 6.24. The molecule has 1 aliphatic rings. The molecule has 1 aromatic heterocycles. The molecule has 2 rings (SSSR count). The summed E-state index contributed by atoms with van der Waals surface area (Å²) in [6, 6.07) is 1.48. The summed E-state index contributed by atoms with van der Waals surface area (Å²) >= 11 is 0. The largest absolute Gasteiger partial charge is 0.481 e. The van der Waals surface area contributed by atoms with Gasteiger partial charge in [0.2, 0.25) is 0 Å². The first-order chi connectivity index (χ1) is 9.08. The standard InChI is InChI=1S/C13H17NO5/c1-8(9-2-4-18-7-9)14-13(17)10-3-5-19-11(10)6-12(15)16/h3,5,8-9H,2,4,6-7H2,1H3,(H,14,17)(H,15,16). The maximum Gasteiger partial charge on any atom is 0.311 e. The zero-order valence-electron chi connectivity index (χ0n) is 10.7. The Morgan fingerprint density at radius 3 is 3.00 bits per heavy atom. The van der Waals surface area contributed by atoms with Gasteiger partial charge in [-0.15, -0.1) is 0 Å². The van der Waals surface area contributed by atoms with Gasteiger partial charge < -0.3 is 19.6 Å². The molecule has 6 heteroatoms. The lowest BCUT2D eigenvalue weighted by atomic mass is 10.0. The highest BCUT2D eigenvalue weighted by Crippen LogP contribution is 2.18. The van der Waals surface area contributed by atoms with Gasteiger partial charge in [-0.1, -0.05) is 0 Å². The van der Waals surface area contributed by atoms with E-state index >= 15 is 0 Å². The van der Waals surface area contributed by atoms with Crippen molar-refractivity contribution in [3.05, 3.63) is 23.7 Å². The van der Waals surface area contributed by atoms with E-state index in [-0.39, 0.29) is 29.7 Å². The van der Waals surface area contributed by atoms with E-state index in [0.29, 0.717) is 12.5 Å². The Labute approximate surface area is 110 Å². The average Bonchev–Trinajstić information content (AvgIpc) is 2.97. The number of carbonyl (C=O) groups is 2. The Hall–Kier alpha value is -1.82. The first kappa shape index (κ1) is 13.6. The molecule has 0 radical (unpaired) electrons. The van der Waals surface area contributed by atoms with E-state index < -0.39 is 5.97 Å². The van der Waals surface area contributed by atoms with E-state index in [9.17, 15) is 9.59 Å². The van der Waals surface area contributed by atoms with Crippen LogP contribution >= 0.6 is 0 Å². The van der Waals surface area contributed by atoms with Crippen molar-refractivity contribution in [3.8, 4) is 0 Å². The summed E-state index contributed by atoms with van der Waals surface area (Å²) in [5, 5.41) is 11.6. The molecular formula is C13H17NO5. The van der Waals surface area contributed by atoms with Gasteiger partial charge in [-0.2, -0.15) is 0 Å². The smallest absolute Gasteiger partial charge is 0.311 e. The fraction of sp³-hybridized carbons (Fsp3) is 0.538. The lowest BCUT2D eigenvalue weighted by molar-refractivity contribution is -0.136. The van der Waals surface area contributed by atoms with Crippen molar-refractivity contribution in [1.29, 1.82) is 0 Å². The second-order valence-corrected chi connectivity index (χ2v) is 4.71. The van der Waals surface area contributed by atoms with Crippen LogP contribution < -0.4 is 5.32 Å². The number of aliphatic carboxylic acids is 1. The van der Waals surface area contributed by atoms with Crippen LogP contribution in [0.3, 0.4) is 0 Å². The predicted octanol–water partition coefficient (Wildman–Crippen LogP) is 1.06. The van der Waals surface area contributed by atoms with E-state index in [1.807, 2.05) is 6.92 Å². The zero-order chi connectivity index (χ0) is 13.8. The van der Waals surface area contributed by atoms with Gasteiger partial charge >= 0.3 is 5.97 Å². The van der Waals surface area contributed by atoms with Gasteiger partial charge in [-0.05, 0) is 19.4 Å². The molecule has 2 atom stereocenters.